The summed E-state index contributed by atoms with van der Waals surface area (Å²) in [5, 5.41) is 15.4. The SMILES string of the molecule is CCCc1c(C(N)=O)c(CCC)c(-c2ccncc2)c([C@H](Cc2cc(F)cc(F)c2)[C@@H](O)CNCc2cccc(CC)c2)c1C(N)=O.Cl.Cl. The number of rotatable bonds is 16. The van der Waals surface area contributed by atoms with Crippen molar-refractivity contribution in [3.63, 3.8) is 0 Å². The summed E-state index contributed by atoms with van der Waals surface area (Å²) in [6.45, 7) is 6.54. The number of hydrogen-bond donors (Lipinski definition) is 4. The molecule has 7 nitrogen and oxygen atoms in total. The van der Waals surface area contributed by atoms with Crippen molar-refractivity contribution in [2.24, 2.45) is 11.5 Å². The number of primary amides is 2. The molecular formula is C38H46Cl2F2N4O3. The van der Waals surface area contributed by atoms with E-state index in [1.54, 1.807) is 24.5 Å². The Labute approximate surface area is 299 Å². The molecule has 0 aliphatic heterocycles. The monoisotopic (exact) mass is 714 g/mol. The summed E-state index contributed by atoms with van der Waals surface area (Å²) in [6, 6.07) is 14.9. The van der Waals surface area contributed by atoms with Crippen LogP contribution in [0.25, 0.3) is 11.1 Å². The van der Waals surface area contributed by atoms with Crippen molar-refractivity contribution in [1.29, 1.82) is 0 Å². The second-order valence-electron chi connectivity index (χ2n) is 11.9. The predicted octanol–water partition coefficient (Wildman–Crippen LogP) is 7.01. The maximum Gasteiger partial charge on any atom is 0.249 e. The standard InChI is InChI=1S/C38H44F2N4O3.2ClH/c1-4-8-29-33(26-12-14-43-15-13-26)35(36(38(42)47)30(9-5-2)34(29)37(41)46)31(19-25-17-27(39)20-28(40)18-25)32(45)22-44-21-24-11-7-10-23(6-3)16-24;;/h7,10-18,20,31-32,44-45H,4-6,8-9,19,21-22H2,1-3H3,(H2,41,46)(H2,42,47);2*1H/t31-,32+;;/m1../s1. The normalized spacial score (nSPS) is 12.0. The number of carbonyl (C=O) groups excluding carboxylic acids is 2. The van der Waals surface area contributed by atoms with Gasteiger partial charge in [0.1, 0.15) is 11.6 Å². The molecule has 264 valence electrons. The Kier molecular flexibility index (Phi) is 16.3. The molecule has 4 rings (SSSR count). The number of amides is 2. The number of aliphatic hydroxyl groups excluding tert-OH is 1. The summed E-state index contributed by atoms with van der Waals surface area (Å²) < 4.78 is 29.0. The summed E-state index contributed by atoms with van der Waals surface area (Å²) >= 11 is 0. The van der Waals surface area contributed by atoms with E-state index < -0.39 is 35.5 Å². The maximum absolute atomic E-state index is 14.5. The van der Waals surface area contributed by atoms with Crippen LogP contribution < -0.4 is 16.8 Å². The minimum absolute atomic E-state index is 0. The van der Waals surface area contributed by atoms with Gasteiger partial charge in [-0.15, -0.1) is 24.8 Å². The van der Waals surface area contributed by atoms with Crippen molar-refractivity contribution in [3.05, 3.63) is 123 Å². The summed E-state index contributed by atoms with van der Waals surface area (Å²) in [5.41, 5.74) is 17.7. The zero-order valence-electron chi connectivity index (χ0n) is 28.1. The molecule has 0 fully saturated rings. The Morgan fingerprint density at radius 3 is 1.98 bits per heavy atom. The first kappa shape index (κ1) is 41.3. The Morgan fingerprint density at radius 1 is 0.816 bits per heavy atom. The van der Waals surface area contributed by atoms with Crippen LogP contribution in [-0.4, -0.2) is 34.6 Å². The number of carbonyl (C=O) groups is 2. The Bertz CT molecular complexity index is 1700. The first-order valence-electron chi connectivity index (χ1n) is 16.2. The van der Waals surface area contributed by atoms with Gasteiger partial charge in [-0.25, -0.2) is 8.78 Å². The van der Waals surface area contributed by atoms with Gasteiger partial charge in [-0.1, -0.05) is 57.9 Å². The number of benzene rings is 3. The van der Waals surface area contributed by atoms with Gasteiger partial charge in [0.2, 0.25) is 11.8 Å². The molecule has 0 unspecified atom stereocenters. The lowest BCUT2D eigenvalue weighted by molar-refractivity contribution is 0.0994. The fraction of sp³-hybridized carbons (Fsp3) is 0.342. The molecule has 1 heterocycles. The number of nitrogens with two attached hydrogens (primary N) is 2. The van der Waals surface area contributed by atoms with Gasteiger partial charge >= 0.3 is 0 Å². The van der Waals surface area contributed by atoms with E-state index in [0.29, 0.717) is 65.6 Å². The van der Waals surface area contributed by atoms with Crippen LogP contribution in [0.2, 0.25) is 0 Å². The van der Waals surface area contributed by atoms with Gasteiger partial charge in [0.05, 0.1) is 6.10 Å². The lowest BCUT2D eigenvalue weighted by atomic mass is 9.73. The van der Waals surface area contributed by atoms with E-state index >= 15 is 0 Å². The van der Waals surface area contributed by atoms with Crippen LogP contribution >= 0.6 is 24.8 Å². The smallest absolute Gasteiger partial charge is 0.249 e. The number of aliphatic hydroxyl groups is 1. The molecule has 0 saturated heterocycles. The molecule has 3 aromatic carbocycles. The van der Waals surface area contributed by atoms with Gasteiger partial charge in [0.25, 0.3) is 0 Å². The predicted molar refractivity (Wildman–Crippen MR) is 196 cm³/mol. The second-order valence-corrected chi connectivity index (χ2v) is 11.9. The van der Waals surface area contributed by atoms with E-state index in [4.69, 9.17) is 11.5 Å². The Balaban J connectivity index is 0.00000417. The molecule has 6 N–H and O–H groups in total. The van der Waals surface area contributed by atoms with Crippen molar-refractivity contribution in [2.75, 3.05) is 6.54 Å². The Hall–Kier alpha value is -3.89. The van der Waals surface area contributed by atoms with Crippen LogP contribution in [0.4, 0.5) is 8.78 Å². The van der Waals surface area contributed by atoms with E-state index in [9.17, 15) is 23.5 Å². The largest absolute Gasteiger partial charge is 0.391 e. The molecule has 0 saturated carbocycles. The van der Waals surface area contributed by atoms with Gasteiger partial charge in [0, 0.05) is 48.6 Å². The number of nitrogens with zero attached hydrogens (tertiary/aromatic N) is 1. The van der Waals surface area contributed by atoms with Gasteiger partial charge in [0.15, 0.2) is 0 Å². The van der Waals surface area contributed by atoms with Gasteiger partial charge in [-0.05, 0) is 94.5 Å². The first-order chi connectivity index (χ1) is 22.6. The molecule has 0 spiro atoms. The summed E-state index contributed by atoms with van der Waals surface area (Å²) in [4.78, 5) is 30.9. The van der Waals surface area contributed by atoms with Crippen molar-refractivity contribution in [2.45, 2.75) is 77.9 Å². The lowest BCUT2D eigenvalue weighted by Crippen LogP contribution is -2.35. The van der Waals surface area contributed by atoms with E-state index in [1.807, 2.05) is 26.0 Å². The number of halogens is 4. The Morgan fingerprint density at radius 2 is 1.41 bits per heavy atom. The van der Waals surface area contributed by atoms with Crippen LogP contribution in [-0.2, 0) is 32.2 Å². The number of nitrogens with one attached hydrogen (secondary N) is 1. The van der Waals surface area contributed by atoms with Gasteiger partial charge in [-0.3, -0.25) is 14.6 Å². The molecular weight excluding hydrogens is 669 g/mol. The van der Waals surface area contributed by atoms with E-state index in [-0.39, 0.29) is 48.9 Å². The molecule has 0 bridgehead atoms. The molecule has 2 amide bonds. The molecule has 0 aliphatic rings. The fourth-order valence-electron chi connectivity index (χ4n) is 6.56. The van der Waals surface area contributed by atoms with Gasteiger partial charge < -0.3 is 21.9 Å². The number of aryl methyl sites for hydroxylation is 1. The molecule has 4 aromatic rings. The van der Waals surface area contributed by atoms with Crippen molar-refractivity contribution < 1.29 is 23.5 Å². The molecule has 11 heteroatoms. The maximum atomic E-state index is 14.5. The quantitative estimate of drug-likeness (QED) is 0.0992. The fourth-order valence-corrected chi connectivity index (χ4v) is 6.56. The van der Waals surface area contributed by atoms with Crippen molar-refractivity contribution in [3.8, 4) is 11.1 Å². The van der Waals surface area contributed by atoms with Crippen LogP contribution in [0.3, 0.4) is 0 Å². The molecule has 0 radical (unpaired) electrons. The molecule has 0 aliphatic carbocycles. The summed E-state index contributed by atoms with van der Waals surface area (Å²) in [6.07, 6.45) is 4.94. The lowest BCUT2D eigenvalue weighted by Gasteiger charge is -2.32. The third kappa shape index (κ3) is 10.1. The van der Waals surface area contributed by atoms with E-state index in [1.165, 1.54) is 17.7 Å². The topological polar surface area (TPSA) is 131 Å². The highest BCUT2D eigenvalue weighted by atomic mass is 35.5. The summed E-state index contributed by atoms with van der Waals surface area (Å²) in [7, 11) is 0. The van der Waals surface area contributed by atoms with E-state index in [0.717, 1.165) is 18.1 Å². The third-order valence-corrected chi connectivity index (χ3v) is 8.50. The zero-order chi connectivity index (χ0) is 34.1. The van der Waals surface area contributed by atoms with Gasteiger partial charge in [-0.2, -0.15) is 0 Å². The number of pyridine rings is 1. The molecule has 49 heavy (non-hydrogen) atoms. The highest BCUT2D eigenvalue weighted by molar-refractivity contribution is 6.06. The van der Waals surface area contributed by atoms with Crippen LogP contribution in [0.5, 0.6) is 0 Å². The zero-order valence-corrected chi connectivity index (χ0v) is 29.7. The van der Waals surface area contributed by atoms with Crippen LogP contribution in [0, 0.1) is 11.6 Å². The summed E-state index contributed by atoms with van der Waals surface area (Å²) in [5.74, 6) is -3.84. The van der Waals surface area contributed by atoms with Crippen LogP contribution in [0.15, 0.2) is 67.0 Å². The number of hydrogen-bond acceptors (Lipinski definition) is 5. The average molecular weight is 716 g/mol. The number of aromatic nitrogens is 1. The van der Waals surface area contributed by atoms with E-state index in [2.05, 4.69) is 29.4 Å². The highest BCUT2D eigenvalue weighted by Crippen LogP contribution is 2.43. The van der Waals surface area contributed by atoms with Crippen molar-refractivity contribution in [1.82, 2.24) is 10.3 Å². The first-order valence-corrected chi connectivity index (χ1v) is 16.2. The molecule has 2 atom stereocenters. The third-order valence-electron chi connectivity index (χ3n) is 8.50. The van der Waals surface area contributed by atoms with Crippen LogP contribution in [0.1, 0.15) is 93.6 Å². The minimum atomic E-state index is -1.14. The minimum Gasteiger partial charge on any atom is -0.391 e. The second kappa shape index (κ2) is 19.3. The average Bonchev–Trinajstić information content (AvgIpc) is 3.03. The molecule has 1 aromatic heterocycles. The van der Waals surface area contributed by atoms with Crippen molar-refractivity contribution >= 4 is 36.6 Å². The highest BCUT2D eigenvalue weighted by Gasteiger charge is 2.35.